The molecule has 154 valence electrons. The quantitative estimate of drug-likeness (QED) is 0.687. The van der Waals surface area contributed by atoms with Crippen LogP contribution in [0.15, 0.2) is 54.7 Å². The lowest BCUT2D eigenvalue weighted by molar-refractivity contribution is -0.124. The lowest BCUT2D eigenvalue weighted by Crippen LogP contribution is -2.50. The third kappa shape index (κ3) is 3.99. The van der Waals surface area contributed by atoms with E-state index in [0.29, 0.717) is 24.2 Å². The number of carbonyl (C=O) groups is 2. The van der Waals surface area contributed by atoms with Gasteiger partial charge in [0.1, 0.15) is 11.7 Å². The Labute approximate surface area is 176 Å². The summed E-state index contributed by atoms with van der Waals surface area (Å²) < 4.78 is 1.74. The Hall–Kier alpha value is -3.41. The number of nitrogens with one attached hydrogen (secondary N) is 2. The maximum atomic E-state index is 13.2. The molecular weight excluding hydrogens is 376 g/mol. The molecule has 1 fully saturated rings. The van der Waals surface area contributed by atoms with E-state index in [1.807, 2.05) is 43.3 Å². The average molecular weight is 402 g/mol. The van der Waals surface area contributed by atoms with Crippen molar-refractivity contribution in [2.75, 3.05) is 6.54 Å². The van der Waals surface area contributed by atoms with Crippen LogP contribution in [0.4, 0.5) is 0 Å². The standard InChI is InChI=1S/C24H26N4O2/c1-3-17-10-12-18(13-11-17)22-19(23(29)26-20-8-6-14-25-24(20)30)15-28(27-22)21-9-5-4-7-16(21)2/h4-5,7,9-13,15,20H,3,6,8,14H2,1-2H3,(H,25,30)(H,26,29). The average Bonchev–Trinajstić information content (AvgIpc) is 3.21. The van der Waals surface area contributed by atoms with Crippen molar-refractivity contribution in [2.24, 2.45) is 0 Å². The van der Waals surface area contributed by atoms with Gasteiger partial charge in [-0.3, -0.25) is 9.59 Å². The Balaban J connectivity index is 1.73. The van der Waals surface area contributed by atoms with Gasteiger partial charge in [-0.25, -0.2) is 4.68 Å². The minimum atomic E-state index is -0.511. The molecule has 1 unspecified atom stereocenters. The van der Waals surface area contributed by atoms with Gasteiger partial charge in [0.25, 0.3) is 5.91 Å². The molecule has 0 radical (unpaired) electrons. The molecule has 1 aromatic heterocycles. The summed E-state index contributed by atoms with van der Waals surface area (Å²) in [5.74, 6) is -0.416. The first kappa shape index (κ1) is 19.9. The second-order valence-corrected chi connectivity index (χ2v) is 7.63. The minimum absolute atomic E-state index is 0.130. The summed E-state index contributed by atoms with van der Waals surface area (Å²) in [4.78, 5) is 25.3. The van der Waals surface area contributed by atoms with E-state index in [4.69, 9.17) is 5.10 Å². The summed E-state index contributed by atoms with van der Waals surface area (Å²) in [7, 11) is 0. The van der Waals surface area contributed by atoms with Crippen molar-refractivity contribution in [3.05, 3.63) is 71.4 Å². The van der Waals surface area contributed by atoms with E-state index in [-0.39, 0.29) is 11.8 Å². The van der Waals surface area contributed by atoms with E-state index in [9.17, 15) is 9.59 Å². The van der Waals surface area contributed by atoms with E-state index in [2.05, 4.69) is 29.7 Å². The number of rotatable bonds is 5. The number of para-hydroxylation sites is 1. The smallest absolute Gasteiger partial charge is 0.255 e. The summed E-state index contributed by atoms with van der Waals surface area (Å²) in [5, 5.41) is 10.5. The van der Waals surface area contributed by atoms with Crippen molar-refractivity contribution in [2.45, 2.75) is 39.2 Å². The zero-order valence-electron chi connectivity index (χ0n) is 17.3. The number of amides is 2. The number of aryl methyl sites for hydroxylation is 2. The highest BCUT2D eigenvalue weighted by Crippen LogP contribution is 2.25. The second kappa shape index (κ2) is 8.53. The Morgan fingerprint density at radius 1 is 1.20 bits per heavy atom. The van der Waals surface area contributed by atoms with Gasteiger partial charge in [0.15, 0.2) is 0 Å². The van der Waals surface area contributed by atoms with Gasteiger partial charge in [-0.2, -0.15) is 5.10 Å². The predicted octanol–water partition coefficient (Wildman–Crippen LogP) is 3.42. The molecule has 0 aliphatic carbocycles. The Morgan fingerprint density at radius 2 is 1.97 bits per heavy atom. The summed E-state index contributed by atoms with van der Waals surface area (Å²) in [6.45, 7) is 4.78. The molecule has 0 spiro atoms. The molecule has 0 saturated carbocycles. The predicted molar refractivity (Wildman–Crippen MR) is 117 cm³/mol. The minimum Gasteiger partial charge on any atom is -0.354 e. The van der Waals surface area contributed by atoms with Crippen LogP contribution in [0.25, 0.3) is 16.9 Å². The van der Waals surface area contributed by atoms with Crippen LogP contribution in [-0.2, 0) is 11.2 Å². The normalized spacial score (nSPS) is 16.2. The van der Waals surface area contributed by atoms with Gasteiger partial charge in [0.05, 0.1) is 11.3 Å². The number of hydrogen-bond donors (Lipinski definition) is 2. The molecule has 0 bridgehead atoms. The Bertz CT molecular complexity index is 1070. The van der Waals surface area contributed by atoms with E-state index in [0.717, 1.165) is 29.7 Å². The molecule has 6 heteroatoms. The van der Waals surface area contributed by atoms with Gasteiger partial charge in [-0.1, -0.05) is 49.4 Å². The molecule has 30 heavy (non-hydrogen) atoms. The fourth-order valence-corrected chi connectivity index (χ4v) is 3.74. The van der Waals surface area contributed by atoms with E-state index in [1.54, 1.807) is 10.9 Å². The van der Waals surface area contributed by atoms with Crippen LogP contribution in [0.2, 0.25) is 0 Å². The molecule has 2 amide bonds. The monoisotopic (exact) mass is 402 g/mol. The lowest BCUT2D eigenvalue weighted by atomic mass is 10.0. The number of benzene rings is 2. The van der Waals surface area contributed by atoms with E-state index in [1.165, 1.54) is 5.56 Å². The first-order valence-corrected chi connectivity index (χ1v) is 10.4. The van der Waals surface area contributed by atoms with Crippen molar-refractivity contribution in [1.82, 2.24) is 20.4 Å². The second-order valence-electron chi connectivity index (χ2n) is 7.63. The summed E-state index contributed by atoms with van der Waals surface area (Å²) >= 11 is 0. The van der Waals surface area contributed by atoms with Gasteiger partial charge in [-0.15, -0.1) is 0 Å². The van der Waals surface area contributed by atoms with Crippen molar-refractivity contribution in [3.8, 4) is 16.9 Å². The molecular formula is C24H26N4O2. The molecule has 6 nitrogen and oxygen atoms in total. The highest BCUT2D eigenvalue weighted by Gasteiger charge is 2.26. The van der Waals surface area contributed by atoms with Crippen LogP contribution in [0.1, 0.15) is 41.3 Å². The number of hydrogen-bond acceptors (Lipinski definition) is 3. The van der Waals surface area contributed by atoms with E-state index >= 15 is 0 Å². The topological polar surface area (TPSA) is 76.0 Å². The SMILES string of the molecule is CCc1ccc(-c2nn(-c3ccccc3C)cc2C(=O)NC2CCCNC2=O)cc1. The molecule has 2 heterocycles. The number of nitrogens with zero attached hydrogens (tertiary/aromatic N) is 2. The van der Waals surface area contributed by atoms with Gasteiger partial charge >= 0.3 is 0 Å². The summed E-state index contributed by atoms with van der Waals surface area (Å²) in [6.07, 6.45) is 4.19. The summed E-state index contributed by atoms with van der Waals surface area (Å²) in [6, 6.07) is 15.5. The van der Waals surface area contributed by atoms with Gasteiger partial charge < -0.3 is 10.6 Å². The lowest BCUT2D eigenvalue weighted by Gasteiger charge is -2.22. The van der Waals surface area contributed by atoms with Crippen molar-refractivity contribution < 1.29 is 9.59 Å². The molecule has 2 N–H and O–H groups in total. The largest absolute Gasteiger partial charge is 0.354 e. The van der Waals surface area contributed by atoms with Gasteiger partial charge in [-0.05, 0) is 43.4 Å². The first-order valence-electron chi connectivity index (χ1n) is 10.4. The summed E-state index contributed by atoms with van der Waals surface area (Å²) in [5.41, 5.74) is 5.14. The van der Waals surface area contributed by atoms with E-state index < -0.39 is 6.04 Å². The molecule has 1 aliphatic heterocycles. The Morgan fingerprint density at radius 3 is 2.67 bits per heavy atom. The van der Waals surface area contributed by atoms with Crippen molar-refractivity contribution in [3.63, 3.8) is 0 Å². The number of piperidine rings is 1. The van der Waals surface area contributed by atoms with Gasteiger partial charge in [0, 0.05) is 18.3 Å². The highest BCUT2D eigenvalue weighted by molar-refractivity contribution is 6.02. The van der Waals surface area contributed by atoms with Crippen LogP contribution in [-0.4, -0.2) is 34.2 Å². The molecule has 1 aliphatic rings. The fourth-order valence-electron chi connectivity index (χ4n) is 3.74. The molecule has 1 saturated heterocycles. The third-order valence-electron chi connectivity index (χ3n) is 5.55. The van der Waals surface area contributed by atoms with Gasteiger partial charge in [0.2, 0.25) is 5.91 Å². The van der Waals surface area contributed by atoms with Crippen molar-refractivity contribution in [1.29, 1.82) is 0 Å². The zero-order valence-corrected chi connectivity index (χ0v) is 17.3. The van der Waals surface area contributed by atoms with Crippen LogP contribution in [0, 0.1) is 6.92 Å². The molecule has 4 rings (SSSR count). The van der Waals surface area contributed by atoms with Crippen molar-refractivity contribution >= 4 is 11.8 Å². The fraction of sp³-hybridized carbons (Fsp3) is 0.292. The zero-order chi connectivity index (χ0) is 21.1. The maximum absolute atomic E-state index is 13.2. The molecule has 1 atom stereocenters. The Kier molecular flexibility index (Phi) is 5.65. The highest BCUT2D eigenvalue weighted by atomic mass is 16.2. The van der Waals surface area contributed by atoms with Crippen LogP contribution >= 0.6 is 0 Å². The van der Waals surface area contributed by atoms with Crippen LogP contribution < -0.4 is 10.6 Å². The van der Waals surface area contributed by atoms with Crippen LogP contribution in [0.3, 0.4) is 0 Å². The number of aromatic nitrogens is 2. The number of carbonyl (C=O) groups excluding carboxylic acids is 2. The maximum Gasteiger partial charge on any atom is 0.255 e. The molecule has 2 aromatic carbocycles. The molecule has 3 aromatic rings. The van der Waals surface area contributed by atoms with Crippen LogP contribution in [0.5, 0.6) is 0 Å². The third-order valence-corrected chi connectivity index (χ3v) is 5.55. The first-order chi connectivity index (χ1) is 14.6.